The van der Waals surface area contributed by atoms with E-state index in [0.29, 0.717) is 11.3 Å². The lowest BCUT2D eigenvalue weighted by atomic mass is 10.1. The number of ether oxygens (including phenoxy) is 1. The molecule has 2 unspecified atom stereocenters. The summed E-state index contributed by atoms with van der Waals surface area (Å²) >= 11 is 6.96. The van der Waals surface area contributed by atoms with E-state index in [1.165, 1.54) is 0 Å². The highest BCUT2D eigenvalue weighted by Crippen LogP contribution is 2.32. The molecule has 24 heavy (non-hydrogen) atoms. The van der Waals surface area contributed by atoms with Crippen molar-refractivity contribution in [2.75, 3.05) is 11.9 Å². The Balaban J connectivity index is 2.13. The molecule has 6 heteroatoms. The number of anilines is 1. The van der Waals surface area contributed by atoms with Crippen LogP contribution in [0.2, 0.25) is 0 Å². The van der Waals surface area contributed by atoms with Crippen LogP contribution in [0.1, 0.15) is 27.7 Å². The Labute approximate surface area is 157 Å². The van der Waals surface area contributed by atoms with E-state index in [1.54, 1.807) is 31.2 Å². The summed E-state index contributed by atoms with van der Waals surface area (Å²) in [6, 6.07) is 16.4. The molecule has 0 radical (unpaired) electrons. The standard InChI is InChI=1S/C18H17Br2NO3/c1-2-24-18(23)13-10-6-7-11-14(13)21-17(22)16(20)15(19)12-8-4-3-5-9-12/h3-11,15-16H,2H2,1H3,(H,21,22). The van der Waals surface area contributed by atoms with Crippen molar-refractivity contribution in [3.05, 3.63) is 65.7 Å². The average Bonchev–Trinajstić information content (AvgIpc) is 2.61. The minimum atomic E-state index is -0.504. The summed E-state index contributed by atoms with van der Waals surface area (Å²) in [5.74, 6) is -0.713. The highest BCUT2D eigenvalue weighted by Gasteiger charge is 2.26. The Bertz CT molecular complexity index is 706. The van der Waals surface area contributed by atoms with Crippen LogP contribution in [0.3, 0.4) is 0 Å². The quantitative estimate of drug-likeness (QED) is 0.508. The molecule has 126 valence electrons. The summed E-state index contributed by atoms with van der Waals surface area (Å²) < 4.78 is 5.02. The lowest BCUT2D eigenvalue weighted by Crippen LogP contribution is -2.27. The van der Waals surface area contributed by atoms with Gasteiger partial charge in [0.05, 0.1) is 22.7 Å². The summed E-state index contributed by atoms with van der Waals surface area (Å²) in [6.45, 7) is 2.02. The van der Waals surface area contributed by atoms with Crippen LogP contribution in [0, 0.1) is 0 Å². The molecule has 4 nitrogen and oxygen atoms in total. The van der Waals surface area contributed by atoms with E-state index in [1.807, 2.05) is 30.3 Å². The van der Waals surface area contributed by atoms with Gasteiger partial charge in [-0.3, -0.25) is 4.79 Å². The van der Waals surface area contributed by atoms with Crippen molar-refractivity contribution >= 4 is 49.4 Å². The predicted molar refractivity (Wildman–Crippen MR) is 102 cm³/mol. The molecular formula is C18H17Br2NO3. The summed E-state index contributed by atoms with van der Waals surface area (Å²) in [4.78, 5) is 23.8. The maximum atomic E-state index is 12.5. The number of para-hydroxylation sites is 1. The van der Waals surface area contributed by atoms with E-state index in [4.69, 9.17) is 4.74 Å². The molecule has 0 spiro atoms. The smallest absolute Gasteiger partial charge is 0.340 e. The van der Waals surface area contributed by atoms with E-state index >= 15 is 0 Å². The molecule has 2 atom stereocenters. The molecule has 0 aliphatic heterocycles. The Hall–Kier alpha value is -1.66. The number of alkyl halides is 2. The van der Waals surface area contributed by atoms with Gasteiger partial charge in [0.2, 0.25) is 5.91 Å². The molecule has 2 rings (SSSR count). The van der Waals surface area contributed by atoms with Gasteiger partial charge in [0.1, 0.15) is 4.83 Å². The number of carbonyl (C=O) groups is 2. The Morgan fingerprint density at radius 2 is 1.67 bits per heavy atom. The van der Waals surface area contributed by atoms with E-state index < -0.39 is 10.8 Å². The fraction of sp³-hybridized carbons (Fsp3) is 0.222. The van der Waals surface area contributed by atoms with Crippen molar-refractivity contribution in [2.45, 2.75) is 16.6 Å². The van der Waals surface area contributed by atoms with Crippen molar-refractivity contribution < 1.29 is 14.3 Å². The van der Waals surface area contributed by atoms with Crippen LogP contribution < -0.4 is 5.32 Å². The Kier molecular flexibility index (Phi) is 6.99. The van der Waals surface area contributed by atoms with Crippen molar-refractivity contribution in [1.29, 1.82) is 0 Å². The first-order valence-electron chi connectivity index (χ1n) is 7.44. The van der Waals surface area contributed by atoms with Crippen molar-refractivity contribution in [3.63, 3.8) is 0 Å². The van der Waals surface area contributed by atoms with Crippen LogP contribution in [0.25, 0.3) is 0 Å². The Morgan fingerprint density at radius 1 is 1.04 bits per heavy atom. The maximum Gasteiger partial charge on any atom is 0.340 e. The fourth-order valence-electron chi connectivity index (χ4n) is 2.12. The molecule has 0 bridgehead atoms. The van der Waals surface area contributed by atoms with Crippen LogP contribution >= 0.6 is 31.9 Å². The number of benzene rings is 2. The van der Waals surface area contributed by atoms with Gasteiger partial charge < -0.3 is 10.1 Å². The molecule has 0 heterocycles. The summed E-state index contributed by atoms with van der Waals surface area (Å²) in [5, 5.41) is 2.78. The molecule has 1 N–H and O–H groups in total. The third-order valence-electron chi connectivity index (χ3n) is 3.31. The third-order valence-corrected chi connectivity index (χ3v) is 6.02. The van der Waals surface area contributed by atoms with Gasteiger partial charge in [0, 0.05) is 0 Å². The van der Waals surface area contributed by atoms with Gasteiger partial charge in [-0.15, -0.1) is 0 Å². The minimum Gasteiger partial charge on any atom is -0.462 e. The number of nitrogens with one attached hydrogen (secondary N) is 1. The molecule has 0 aliphatic rings. The van der Waals surface area contributed by atoms with Crippen LogP contribution in [0.4, 0.5) is 5.69 Å². The van der Waals surface area contributed by atoms with Crippen molar-refractivity contribution in [2.24, 2.45) is 0 Å². The molecule has 0 aliphatic carbocycles. The number of carbonyl (C=O) groups excluding carboxylic acids is 2. The summed E-state index contributed by atoms with van der Waals surface area (Å²) in [5.41, 5.74) is 1.74. The van der Waals surface area contributed by atoms with E-state index in [9.17, 15) is 9.59 Å². The van der Waals surface area contributed by atoms with Crippen LogP contribution in [-0.4, -0.2) is 23.3 Å². The largest absolute Gasteiger partial charge is 0.462 e. The van der Waals surface area contributed by atoms with Gasteiger partial charge in [-0.1, -0.05) is 74.3 Å². The number of hydrogen-bond acceptors (Lipinski definition) is 3. The molecule has 0 fully saturated rings. The molecule has 2 aromatic rings. The lowest BCUT2D eigenvalue weighted by molar-refractivity contribution is -0.115. The van der Waals surface area contributed by atoms with Crippen LogP contribution in [0.15, 0.2) is 54.6 Å². The molecule has 0 saturated carbocycles. The van der Waals surface area contributed by atoms with Crippen LogP contribution in [-0.2, 0) is 9.53 Å². The zero-order valence-corrected chi connectivity index (χ0v) is 16.2. The second-order valence-electron chi connectivity index (χ2n) is 4.97. The van der Waals surface area contributed by atoms with E-state index in [-0.39, 0.29) is 17.3 Å². The first-order chi connectivity index (χ1) is 11.5. The van der Waals surface area contributed by atoms with Gasteiger partial charge in [-0.05, 0) is 24.6 Å². The van der Waals surface area contributed by atoms with Gasteiger partial charge in [-0.2, -0.15) is 0 Å². The number of hydrogen-bond donors (Lipinski definition) is 1. The van der Waals surface area contributed by atoms with Crippen LogP contribution in [0.5, 0.6) is 0 Å². The first-order valence-corrected chi connectivity index (χ1v) is 9.27. The summed E-state index contributed by atoms with van der Waals surface area (Å²) in [7, 11) is 0. The normalized spacial score (nSPS) is 13.0. The topological polar surface area (TPSA) is 55.4 Å². The highest BCUT2D eigenvalue weighted by molar-refractivity contribution is 9.12. The van der Waals surface area contributed by atoms with Crippen molar-refractivity contribution in [1.82, 2.24) is 0 Å². The zero-order chi connectivity index (χ0) is 17.5. The van der Waals surface area contributed by atoms with Gasteiger partial charge in [-0.25, -0.2) is 4.79 Å². The molecule has 1 amide bonds. The highest BCUT2D eigenvalue weighted by atomic mass is 79.9. The van der Waals surface area contributed by atoms with E-state index in [2.05, 4.69) is 37.2 Å². The average molecular weight is 455 g/mol. The summed E-state index contributed by atoms with van der Waals surface area (Å²) in [6.07, 6.45) is 0. The Morgan fingerprint density at radius 3 is 2.33 bits per heavy atom. The van der Waals surface area contributed by atoms with Crippen molar-refractivity contribution in [3.8, 4) is 0 Å². The molecule has 0 saturated heterocycles. The zero-order valence-electron chi connectivity index (χ0n) is 13.0. The molecular weight excluding hydrogens is 438 g/mol. The first kappa shape index (κ1) is 18.7. The second kappa shape index (κ2) is 8.99. The van der Waals surface area contributed by atoms with Gasteiger partial charge >= 0.3 is 5.97 Å². The minimum absolute atomic E-state index is 0.201. The number of amides is 1. The lowest BCUT2D eigenvalue weighted by Gasteiger charge is -2.18. The SMILES string of the molecule is CCOC(=O)c1ccccc1NC(=O)C(Br)C(Br)c1ccccc1. The van der Waals surface area contributed by atoms with E-state index in [0.717, 1.165) is 5.56 Å². The van der Waals surface area contributed by atoms with Gasteiger partial charge in [0.25, 0.3) is 0 Å². The maximum absolute atomic E-state index is 12.5. The molecule has 2 aromatic carbocycles. The third kappa shape index (κ3) is 4.68. The molecule has 0 aromatic heterocycles. The second-order valence-corrected chi connectivity index (χ2v) is 6.94. The van der Waals surface area contributed by atoms with Gasteiger partial charge in [0.15, 0.2) is 0 Å². The predicted octanol–water partition coefficient (Wildman–Crippen LogP) is 4.70. The fourth-order valence-corrected chi connectivity index (χ4v) is 3.08. The number of esters is 1. The number of rotatable bonds is 6. The monoisotopic (exact) mass is 453 g/mol. The number of halogens is 2.